The van der Waals surface area contributed by atoms with Gasteiger partial charge in [-0.2, -0.15) is 0 Å². The van der Waals surface area contributed by atoms with Crippen molar-refractivity contribution in [2.45, 2.75) is 58.1 Å². The standard InChI is InChI=1S/C14H29NO2S/c1-4-12-5-6-13(10-15)14(9-12)18(16,17)8-7-11(2)3/h11-14H,4-10,15H2,1-3H3. The van der Waals surface area contributed by atoms with Gasteiger partial charge in [0.05, 0.1) is 11.0 Å². The summed E-state index contributed by atoms with van der Waals surface area (Å²) in [5.41, 5.74) is 5.77. The maximum atomic E-state index is 12.5. The lowest BCUT2D eigenvalue weighted by Gasteiger charge is -2.35. The van der Waals surface area contributed by atoms with Crippen molar-refractivity contribution in [2.24, 2.45) is 23.5 Å². The molecule has 1 rings (SSSR count). The molecule has 4 heteroatoms. The van der Waals surface area contributed by atoms with Crippen LogP contribution in [-0.2, 0) is 9.84 Å². The normalized spacial score (nSPS) is 29.7. The molecule has 0 aromatic rings. The second-order valence-corrected chi connectivity index (χ2v) is 8.51. The van der Waals surface area contributed by atoms with Crippen molar-refractivity contribution in [1.82, 2.24) is 0 Å². The fraction of sp³-hybridized carbons (Fsp3) is 1.00. The van der Waals surface area contributed by atoms with E-state index in [4.69, 9.17) is 5.73 Å². The molecule has 1 saturated carbocycles. The van der Waals surface area contributed by atoms with Crippen LogP contribution < -0.4 is 5.73 Å². The third-order valence-electron chi connectivity index (χ3n) is 4.36. The number of hydrogen-bond acceptors (Lipinski definition) is 3. The fourth-order valence-corrected chi connectivity index (χ4v) is 5.41. The second kappa shape index (κ2) is 6.90. The molecule has 0 saturated heterocycles. The zero-order chi connectivity index (χ0) is 13.8. The minimum absolute atomic E-state index is 0.181. The van der Waals surface area contributed by atoms with Gasteiger partial charge in [0, 0.05) is 0 Å². The smallest absolute Gasteiger partial charge is 0.153 e. The van der Waals surface area contributed by atoms with E-state index in [9.17, 15) is 8.42 Å². The van der Waals surface area contributed by atoms with Gasteiger partial charge in [-0.1, -0.05) is 33.6 Å². The number of nitrogens with two attached hydrogens (primary N) is 1. The van der Waals surface area contributed by atoms with E-state index in [0.717, 1.165) is 32.1 Å². The monoisotopic (exact) mass is 275 g/mol. The number of sulfone groups is 1. The van der Waals surface area contributed by atoms with Crippen LogP contribution in [0.5, 0.6) is 0 Å². The molecule has 3 nitrogen and oxygen atoms in total. The highest BCUT2D eigenvalue weighted by Crippen LogP contribution is 2.35. The fourth-order valence-electron chi connectivity index (χ4n) is 2.91. The SMILES string of the molecule is CCC1CCC(CN)C(S(=O)(=O)CCC(C)C)C1. The molecule has 3 atom stereocenters. The Hall–Kier alpha value is -0.0900. The van der Waals surface area contributed by atoms with Crippen molar-refractivity contribution in [3.8, 4) is 0 Å². The molecule has 2 N–H and O–H groups in total. The summed E-state index contributed by atoms with van der Waals surface area (Å²) in [4.78, 5) is 0. The first-order valence-electron chi connectivity index (χ1n) is 7.32. The van der Waals surface area contributed by atoms with Gasteiger partial charge in [-0.05, 0) is 43.6 Å². The van der Waals surface area contributed by atoms with Gasteiger partial charge in [0.25, 0.3) is 0 Å². The van der Waals surface area contributed by atoms with Gasteiger partial charge < -0.3 is 5.73 Å². The zero-order valence-corrected chi connectivity index (χ0v) is 12.9. The first-order chi connectivity index (χ1) is 8.40. The van der Waals surface area contributed by atoms with E-state index < -0.39 is 9.84 Å². The molecule has 1 aliphatic rings. The van der Waals surface area contributed by atoms with Crippen LogP contribution in [0.1, 0.15) is 52.9 Å². The number of hydrogen-bond donors (Lipinski definition) is 1. The maximum absolute atomic E-state index is 12.5. The molecular weight excluding hydrogens is 246 g/mol. The molecule has 0 spiro atoms. The summed E-state index contributed by atoms with van der Waals surface area (Å²) in [5, 5.41) is -0.181. The van der Waals surface area contributed by atoms with Crippen molar-refractivity contribution < 1.29 is 8.42 Å². The molecule has 0 aromatic carbocycles. The van der Waals surface area contributed by atoms with Gasteiger partial charge >= 0.3 is 0 Å². The minimum atomic E-state index is -2.96. The quantitative estimate of drug-likeness (QED) is 0.810. The van der Waals surface area contributed by atoms with E-state index in [2.05, 4.69) is 20.8 Å². The Morgan fingerprint density at radius 3 is 2.44 bits per heavy atom. The van der Waals surface area contributed by atoms with Crippen LogP contribution >= 0.6 is 0 Å². The Morgan fingerprint density at radius 2 is 1.94 bits per heavy atom. The van der Waals surface area contributed by atoms with Gasteiger partial charge in [-0.15, -0.1) is 0 Å². The molecule has 0 aromatic heterocycles. The molecule has 18 heavy (non-hydrogen) atoms. The van der Waals surface area contributed by atoms with Crippen molar-refractivity contribution >= 4 is 9.84 Å². The van der Waals surface area contributed by atoms with Crippen molar-refractivity contribution in [2.75, 3.05) is 12.3 Å². The van der Waals surface area contributed by atoms with Gasteiger partial charge in [-0.3, -0.25) is 0 Å². The lowest BCUT2D eigenvalue weighted by Crippen LogP contribution is -2.41. The van der Waals surface area contributed by atoms with Gasteiger partial charge in [0.2, 0.25) is 0 Å². The van der Waals surface area contributed by atoms with Crippen LogP contribution in [0.4, 0.5) is 0 Å². The van der Waals surface area contributed by atoms with Crippen LogP contribution in [0.25, 0.3) is 0 Å². The minimum Gasteiger partial charge on any atom is -0.330 e. The Balaban J connectivity index is 2.74. The highest BCUT2D eigenvalue weighted by molar-refractivity contribution is 7.92. The van der Waals surface area contributed by atoms with Crippen molar-refractivity contribution in [1.29, 1.82) is 0 Å². The first kappa shape index (κ1) is 16.0. The van der Waals surface area contributed by atoms with E-state index in [0.29, 0.717) is 24.1 Å². The Morgan fingerprint density at radius 1 is 1.28 bits per heavy atom. The summed E-state index contributed by atoms with van der Waals surface area (Å²) in [6.45, 7) is 6.82. The molecule has 108 valence electrons. The van der Waals surface area contributed by atoms with E-state index in [-0.39, 0.29) is 11.2 Å². The van der Waals surface area contributed by atoms with Crippen LogP contribution in [0.15, 0.2) is 0 Å². The summed E-state index contributed by atoms with van der Waals surface area (Å²) in [7, 11) is -2.96. The summed E-state index contributed by atoms with van der Waals surface area (Å²) >= 11 is 0. The molecule has 3 unspecified atom stereocenters. The summed E-state index contributed by atoms with van der Waals surface area (Å²) in [6, 6.07) is 0. The van der Waals surface area contributed by atoms with Crippen LogP contribution in [-0.4, -0.2) is 26.0 Å². The highest BCUT2D eigenvalue weighted by Gasteiger charge is 2.37. The summed E-state index contributed by atoms with van der Waals surface area (Å²) < 4.78 is 24.9. The number of rotatable bonds is 6. The predicted octanol–water partition coefficient (Wildman–Crippen LogP) is 2.60. The van der Waals surface area contributed by atoms with Gasteiger partial charge in [0.1, 0.15) is 0 Å². The Labute approximate surface area is 112 Å². The van der Waals surface area contributed by atoms with Gasteiger partial charge in [0.15, 0.2) is 9.84 Å². The lowest BCUT2D eigenvalue weighted by molar-refractivity contribution is 0.275. The third kappa shape index (κ3) is 4.23. The average Bonchev–Trinajstić information content (AvgIpc) is 2.35. The molecule has 0 bridgehead atoms. The van der Waals surface area contributed by atoms with Crippen LogP contribution in [0.2, 0.25) is 0 Å². The van der Waals surface area contributed by atoms with E-state index in [1.165, 1.54) is 0 Å². The molecule has 0 amide bonds. The highest BCUT2D eigenvalue weighted by atomic mass is 32.2. The third-order valence-corrected chi connectivity index (χ3v) is 6.66. The van der Waals surface area contributed by atoms with Crippen molar-refractivity contribution in [3.63, 3.8) is 0 Å². The molecule has 1 aliphatic carbocycles. The predicted molar refractivity (Wildman–Crippen MR) is 77.2 cm³/mol. The topological polar surface area (TPSA) is 60.2 Å². The van der Waals surface area contributed by atoms with Crippen LogP contribution in [0, 0.1) is 17.8 Å². The first-order valence-corrected chi connectivity index (χ1v) is 9.03. The summed E-state index contributed by atoms with van der Waals surface area (Å²) in [5.74, 6) is 1.54. The van der Waals surface area contributed by atoms with E-state index >= 15 is 0 Å². The molecular formula is C14H29NO2S. The van der Waals surface area contributed by atoms with Gasteiger partial charge in [-0.25, -0.2) is 8.42 Å². The maximum Gasteiger partial charge on any atom is 0.153 e. The second-order valence-electron chi connectivity index (χ2n) is 6.17. The van der Waals surface area contributed by atoms with Crippen molar-refractivity contribution in [3.05, 3.63) is 0 Å². The Bertz CT molecular complexity index is 338. The lowest BCUT2D eigenvalue weighted by atomic mass is 9.80. The van der Waals surface area contributed by atoms with E-state index in [1.54, 1.807) is 0 Å². The van der Waals surface area contributed by atoms with Crippen LogP contribution in [0.3, 0.4) is 0 Å². The molecule has 0 aliphatic heterocycles. The van der Waals surface area contributed by atoms with E-state index in [1.807, 2.05) is 0 Å². The largest absolute Gasteiger partial charge is 0.330 e. The molecule has 0 heterocycles. The average molecular weight is 275 g/mol. The molecule has 0 radical (unpaired) electrons. The zero-order valence-electron chi connectivity index (χ0n) is 12.1. The molecule has 1 fully saturated rings. The Kier molecular flexibility index (Phi) is 6.12. The summed E-state index contributed by atoms with van der Waals surface area (Å²) in [6.07, 6.45) is 4.83.